The highest BCUT2D eigenvalue weighted by Gasteiger charge is 2.19. The molecule has 2 N–H and O–H groups in total. The Kier molecular flexibility index (Phi) is 10.2. The Morgan fingerprint density at radius 2 is 1.78 bits per heavy atom. The number of halogens is 1. The molecule has 2 rings (SSSR count). The smallest absolute Gasteiger partial charge is 0.211 e. The molecule has 0 amide bonds. The number of nitrogens with one attached hydrogen (secondary N) is 2. The molecule has 0 spiro atoms. The van der Waals surface area contributed by atoms with Gasteiger partial charge in [-0.25, -0.2) is 13.1 Å². The first kappa shape index (κ1) is 23.8. The minimum absolute atomic E-state index is 0. The second-order valence-corrected chi connectivity index (χ2v) is 8.04. The van der Waals surface area contributed by atoms with E-state index in [0.717, 1.165) is 37.9 Å². The lowest BCUT2D eigenvalue weighted by atomic mass is 10.2. The van der Waals surface area contributed by atoms with E-state index in [0.29, 0.717) is 13.1 Å². The van der Waals surface area contributed by atoms with Crippen molar-refractivity contribution in [2.45, 2.75) is 6.92 Å². The number of piperazine rings is 1. The standard InChI is InChI=1S/C17H29N5O3S.HI/c1-4-26(23,24)20-10-9-19-17(18-2)22-13-11-21(12-14-22)15-5-7-16(25-3)8-6-15;/h5-8,20H,4,9-14H2,1-3H3,(H,18,19);1H. The van der Waals surface area contributed by atoms with Gasteiger partial charge in [-0.1, -0.05) is 0 Å². The van der Waals surface area contributed by atoms with E-state index in [1.54, 1.807) is 21.1 Å². The molecule has 1 aromatic rings. The molecule has 1 aliphatic rings. The molecule has 8 nitrogen and oxygen atoms in total. The number of methoxy groups -OCH3 is 1. The maximum absolute atomic E-state index is 11.4. The zero-order valence-corrected chi connectivity index (χ0v) is 19.3. The summed E-state index contributed by atoms with van der Waals surface area (Å²) in [5.74, 6) is 1.75. The van der Waals surface area contributed by atoms with Crippen LogP contribution in [0.2, 0.25) is 0 Å². The first-order valence-electron chi connectivity index (χ1n) is 8.81. The minimum atomic E-state index is -3.15. The fourth-order valence-corrected chi connectivity index (χ4v) is 3.40. The molecule has 27 heavy (non-hydrogen) atoms. The molecule has 0 saturated carbocycles. The van der Waals surface area contributed by atoms with Crippen molar-refractivity contribution < 1.29 is 13.2 Å². The van der Waals surface area contributed by atoms with Crippen LogP contribution in [0.5, 0.6) is 5.75 Å². The summed E-state index contributed by atoms with van der Waals surface area (Å²) in [4.78, 5) is 8.83. The van der Waals surface area contributed by atoms with Gasteiger partial charge >= 0.3 is 0 Å². The third-order valence-corrected chi connectivity index (χ3v) is 5.74. The van der Waals surface area contributed by atoms with Gasteiger partial charge in [0.2, 0.25) is 10.0 Å². The van der Waals surface area contributed by atoms with Crippen LogP contribution in [0.25, 0.3) is 0 Å². The van der Waals surface area contributed by atoms with Crippen LogP contribution in [-0.4, -0.2) is 78.5 Å². The fraction of sp³-hybridized carbons (Fsp3) is 0.588. The quantitative estimate of drug-likeness (QED) is 0.246. The number of sulfonamides is 1. The van der Waals surface area contributed by atoms with E-state index in [1.807, 2.05) is 12.1 Å². The largest absolute Gasteiger partial charge is 0.497 e. The van der Waals surface area contributed by atoms with Crippen molar-refractivity contribution >= 4 is 45.6 Å². The summed E-state index contributed by atoms with van der Waals surface area (Å²) in [5, 5.41) is 3.22. The lowest BCUT2D eigenvalue weighted by Gasteiger charge is -2.37. The zero-order valence-electron chi connectivity index (χ0n) is 16.1. The predicted octanol–water partition coefficient (Wildman–Crippen LogP) is 0.950. The molecule has 154 valence electrons. The van der Waals surface area contributed by atoms with E-state index in [1.165, 1.54) is 5.69 Å². The van der Waals surface area contributed by atoms with Crippen LogP contribution >= 0.6 is 24.0 Å². The molecule has 0 unspecified atom stereocenters. The molecule has 0 radical (unpaired) electrons. The summed E-state index contributed by atoms with van der Waals surface area (Å²) >= 11 is 0. The number of benzene rings is 1. The number of hydrogen-bond acceptors (Lipinski definition) is 5. The second kappa shape index (κ2) is 11.5. The summed E-state index contributed by atoms with van der Waals surface area (Å²) in [7, 11) is 0.260. The first-order valence-corrected chi connectivity index (χ1v) is 10.5. The van der Waals surface area contributed by atoms with Gasteiger partial charge in [-0.15, -0.1) is 24.0 Å². The monoisotopic (exact) mass is 511 g/mol. The molecule has 1 heterocycles. The van der Waals surface area contributed by atoms with Crippen LogP contribution in [0.4, 0.5) is 5.69 Å². The van der Waals surface area contributed by atoms with Gasteiger partial charge < -0.3 is 19.9 Å². The summed E-state index contributed by atoms with van der Waals surface area (Å²) in [5.41, 5.74) is 1.18. The molecule has 1 aromatic carbocycles. The van der Waals surface area contributed by atoms with E-state index >= 15 is 0 Å². The number of hydrogen-bond donors (Lipinski definition) is 2. The fourth-order valence-electron chi connectivity index (χ4n) is 2.78. The van der Waals surface area contributed by atoms with Crippen molar-refractivity contribution in [1.29, 1.82) is 0 Å². The van der Waals surface area contributed by atoms with E-state index in [9.17, 15) is 8.42 Å². The molecule has 1 saturated heterocycles. The Hall–Kier alpha value is -1.27. The van der Waals surface area contributed by atoms with E-state index in [4.69, 9.17) is 4.74 Å². The maximum Gasteiger partial charge on any atom is 0.211 e. The van der Waals surface area contributed by atoms with Crippen molar-refractivity contribution in [1.82, 2.24) is 14.9 Å². The van der Waals surface area contributed by atoms with Crippen molar-refractivity contribution in [2.24, 2.45) is 4.99 Å². The lowest BCUT2D eigenvalue weighted by molar-refractivity contribution is 0.373. The van der Waals surface area contributed by atoms with Crippen LogP contribution in [0.1, 0.15) is 6.92 Å². The Bertz CT molecular complexity index is 689. The zero-order chi connectivity index (χ0) is 19.0. The van der Waals surface area contributed by atoms with Crippen LogP contribution in [-0.2, 0) is 10.0 Å². The Labute approximate surface area is 179 Å². The third-order valence-electron chi connectivity index (χ3n) is 4.34. The van der Waals surface area contributed by atoms with Gasteiger partial charge in [0.05, 0.1) is 12.9 Å². The average molecular weight is 511 g/mol. The summed E-state index contributed by atoms with van der Waals surface area (Å²) < 4.78 is 30.6. The van der Waals surface area contributed by atoms with E-state index < -0.39 is 10.0 Å². The molecular weight excluding hydrogens is 481 g/mol. The van der Waals surface area contributed by atoms with Crippen LogP contribution in [0.15, 0.2) is 29.3 Å². The second-order valence-electron chi connectivity index (χ2n) is 5.94. The van der Waals surface area contributed by atoms with Crippen LogP contribution in [0, 0.1) is 0 Å². The van der Waals surface area contributed by atoms with Crippen molar-refractivity contribution in [2.75, 3.05) is 64.1 Å². The van der Waals surface area contributed by atoms with E-state index in [2.05, 4.69) is 37.0 Å². The van der Waals surface area contributed by atoms with Gasteiger partial charge in [0.15, 0.2) is 5.96 Å². The molecule has 0 aliphatic carbocycles. The van der Waals surface area contributed by atoms with Crippen LogP contribution in [0.3, 0.4) is 0 Å². The number of guanidine groups is 1. The highest BCUT2D eigenvalue weighted by atomic mass is 127. The van der Waals surface area contributed by atoms with Gasteiger partial charge in [0.1, 0.15) is 5.75 Å². The normalized spacial score (nSPS) is 15.3. The Balaban J connectivity index is 0.00000364. The first-order chi connectivity index (χ1) is 12.5. The van der Waals surface area contributed by atoms with Crippen LogP contribution < -0.4 is 19.7 Å². The van der Waals surface area contributed by atoms with Crippen molar-refractivity contribution in [3.8, 4) is 5.75 Å². The van der Waals surface area contributed by atoms with Gasteiger partial charge in [-0.05, 0) is 31.2 Å². The van der Waals surface area contributed by atoms with Gasteiger partial charge in [0.25, 0.3) is 0 Å². The Morgan fingerprint density at radius 1 is 1.15 bits per heavy atom. The van der Waals surface area contributed by atoms with Gasteiger partial charge in [0, 0.05) is 52.0 Å². The predicted molar refractivity (Wildman–Crippen MR) is 121 cm³/mol. The molecule has 1 fully saturated rings. The maximum atomic E-state index is 11.4. The lowest BCUT2D eigenvalue weighted by Crippen LogP contribution is -2.53. The van der Waals surface area contributed by atoms with Gasteiger partial charge in [-0.2, -0.15) is 0 Å². The molecule has 0 bridgehead atoms. The third kappa shape index (κ3) is 7.34. The average Bonchev–Trinajstić information content (AvgIpc) is 2.68. The summed E-state index contributed by atoms with van der Waals surface area (Å²) in [6, 6.07) is 8.09. The molecule has 0 aromatic heterocycles. The minimum Gasteiger partial charge on any atom is -0.497 e. The summed E-state index contributed by atoms with van der Waals surface area (Å²) in [6.07, 6.45) is 0. The highest BCUT2D eigenvalue weighted by molar-refractivity contribution is 14.0. The number of ether oxygens (including phenoxy) is 1. The molecule has 10 heteroatoms. The van der Waals surface area contributed by atoms with Gasteiger partial charge in [-0.3, -0.25) is 4.99 Å². The number of anilines is 1. The Morgan fingerprint density at radius 3 is 2.30 bits per heavy atom. The number of aliphatic imine (C=N–C) groups is 1. The molecular formula is C17H30IN5O3S. The molecule has 0 atom stereocenters. The summed E-state index contributed by atoms with van der Waals surface area (Å²) in [6.45, 7) is 5.98. The van der Waals surface area contributed by atoms with E-state index in [-0.39, 0.29) is 29.7 Å². The number of nitrogens with zero attached hydrogens (tertiary/aromatic N) is 3. The van der Waals surface area contributed by atoms with Crippen molar-refractivity contribution in [3.05, 3.63) is 24.3 Å². The highest BCUT2D eigenvalue weighted by Crippen LogP contribution is 2.20. The number of rotatable bonds is 7. The topological polar surface area (TPSA) is 86.3 Å². The molecule has 1 aliphatic heterocycles. The van der Waals surface area contributed by atoms with Crippen molar-refractivity contribution in [3.63, 3.8) is 0 Å². The SMILES string of the molecule is CCS(=O)(=O)NCCNC(=NC)N1CCN(c2ccc(OC)cc2)CC1.I.